The first-order valence-corrected chi connectivity index (χ1v) is 6.14. The molecule has 0 radical (unpaired) electrons. The van der Waals surface area contributed by atoms with Crippen LogP contribution in [0.2, 0.25) is 0 Å². The number of aryl methyl sites for hydroxylation is 1. The fraction of sp³-hybridized carbons (Fsp3) is 0.111. The van der Waals surface area contributed by atoms with Gasteiger partial charge in [0.15, 0.2) is 5.16 Å². The zero-order chi connectivity index (χ0) is 12.4. The molecule has 8 heteroatoms. The number of hydrogen-bond donors (Lipinski definition) is 0. The van der Waals surface area contributed by atoms with Crippen LogP contribution in [0.3, 0.4) is 0 Å². The fourth-order valence-electron chi connectivity index (χ4n) is 1.16. The summed E-state index contributed by atoms with van der Waals surface area (Å²) in [5.41, 5.74) is 0.0548. The highest BCUT2D eigenvalue weighted by atomic mass is 79.9. The lowest BCUT2D eigenvalue weighted by Gasteiger charge is -2.02. The topological polar surface area (TPSA) is 73.8 Å². The van der Waals surface area contributed by atoms with Crippen LogP contribution in [0.1, 0.15) is 0 Å². The van der Waals surface area contributed by atoms with Crippen molar-refractivity contribution in [2.45, 2.75) is 10.1 Å². The molecule has 17 heavy (non-hydrogen) atoms. The minimum absolute atomic E-state index is 0.0548. The zero-order valence-corrected chi connectivity index (χ0v) is 11.1. The molecule has 1 aromatic carbocycles. The zero-order valence-electron chi connectivity index (χ0n) is 8.70. The molecule has 0 aliphatic rings. The third kappa shape index (κ3) is 2.64. The molecule has 0 spiro atoms. The molecule has 2 rings (SSSR count). The van der Waals surface area contributed by atoms with Gasteiger partial charge in [-0.15, -0.1) is 0 Å². The minimum atomic E-state index is -0.429. The molecule has 0 atom stereocenters. The average Bonchev–Trinajstić information content (AvgIpc) is 2.67. The van der Waals surface area contributed by atoms with Gasteiger partial charge in [-0.25, -0.2) is 9.67 Å². The summed E-state index contributed by atoms with van der Waals surface area (Å²) in [6.45, 7) is 0. The molecule has 1 heterocycles. The van der Waals surface area contributed by atoms with Crippen LogP contribution in [0.25, 0.3) is 0 Å². The lowest BCUT2D eigenvalue weighted by molar-refractivity contribution is -0.385. The molecule has 0 unspecified atom stereocenters. The Labute approximate surface area is 109 Å². The molecule has 0 amide bonds. The van der Waals surface area contributed by atoms with Gasteiger partial charge in [-0.05, 0) is 33.8 Å². The maximum Gasteiger partial charge on any atom is 0.270 e. The lowest BCUT2D eigenvalue weighted by atomic mass is 10.3. The van der Waals surface area contributed by atoms with Gasteiger partial charge in [-0.3, -0.25) is 10.1 Å². The maximum absolute atomic E-state index is 10.6. The van der Waals surface area contributed by atoms with E-state index in [9.17, 15) is 10.1 Å². The van der Waals surface area contributed by atoms with E-state index in [2.05, 4.69) is 26.0 Å². The van der Waals surface area contributed by atoms with Crippen LogP contribution in [0, 0.1) is 10.1 Å². The number of halogens is 1. The van der Waals surface area contributed by atoms with Crippen molar-refractivity contribution in [3.05, 3.63) is 39.1 Å². The van der Waals surface area contributed by atoms with E-state index in [0.29, 0.717) is 4.47 Å². The van der Waals surface area contributed by atoms with Crippen molar-refractivity contribution in [1.29, 1.82) is 0 Å². The number of nitro benzene ring substituents is 1. The minimum Gasteiger partial charge on any atom is -0.258 e. The number of hydrogen-bond acceptors (Lipinski definition) is 5. The van der Waals surface area contributed by atoms with Crippen molar-refractivity contribution in [2.75, 3.05) is 0 Å². The molecule has 6 nitrogen and oxygen atoms in total. The Morgan fingerprint density at radius 2 is 2.29 bits per heavy atom. The molecule has 2 aromatic rings. The number of nitrogens with zero attached hydrogens (tertiary/aromatic N) is 4. The Bertz CT molecular complexity index is 572. The van der Waals surface area contributed by atoms with E-state index in [0.717, 1.165) is 10.1 Å². The third-order valence-electron chi connectivity index (χ3n) is 2.00. The van der Waals surface area contributed by atoms with Crippen LogP contribution in [0.15, 0.2) is 39.1 Å². The molecule has 0 aliphatic carbocycles. The number of nitro groups is 1. The number of non-ortho nitro benzene ring substituents is 1. The molecule has 0 saturated carbocycles. The molecule has 0 N–H and O–H groups in total. The van der Waals surface area contributed by atoms with Crippen LogP contribution < -0.4 is 0 Å². The second-order valence-electron chi connectivity index (χ2n) is 3.14. The van der Waals surface area contributed by atoms with E-state index in [4.69, 9.17) is 0 Å². The lowest BCUT2D eigenvalue weighted by Crippen LogP contribution is -1.93. The summed E-state index contributed by atoms with van der Waals surface area (Å²) in [4.78, 5) is 15.1. The van der Waals surface area contributed by atoms with Gasteiger partial charge < -0.3 is 0 Å². The van der Waals surface area contributed by atoms with E-state index in [1.807, 2.05) is 0 Å². The van der Waals surface area contributed by atoms with Gasteiger partial charge in [-0.1, -0.05) is 0 Å². The standard InChI is InChI=1S/C9H7BrN4O2S/c1-13-9(11-5-12-13)17-8-3-2-6(14(15)16)4-7(8)10/h2-5H,1H3. The van der Waals surface area contributed by atoms with Gasteiger partial charge >= 0.3 is 0 Å². The van der Waals surface area contributed by atoms with Crippen molar-refractivity contribution in [1.82, 2.24) is 14.8 Å². The first-order chi connectivity index (χ1) is 8.08. The predicted octanol–water partition coefficient (Wildman–Crippen LogP) is 2.64. The van der Waals surface area contributed by atoms with Crippen LogP contribution in [0.5, 0.6) is 0 Å². The average molecular weight is 315 g/mol. The molecule has 1 aromatic heterocycles. The smallest absolute Gasteiger partial charge is 0.258 e. The first kappa shape index (κ1) is 12.1. The van der Waals surface area contributed by atoms with Crippen molar-refractivity contribution in [2.24, 2.45) is 7.05 Å². The number of rotatable bonds is 3. The maximum atomic E-state index is 10.6. The largest absolute Gasteiger partial charge is 0.270 e. The highest BCUT2D eigenvalue weighted by molar-refractivity contribution is 9.10. The normalized spacial score (nSPS) is 10.5. The summed E-state index contributed by atoms with van der Waals surface area (Å²) in [7, 11) is 1.79. The Morgan fingerprint density at radius 3 is 2.82 bits per heavy atom. The fourth-order valence-corrected chi connectivity index (χ4v) is 2.54. The van der Waals surface area contributed by atoms with E-state index in [-0.39, 0.29) is 5.69 Å². The third-order valence-corrected chi connectivity index (χ3v) is 4.04. The molecule has 0 saturated heterocycles. The Balaban J connectivity index is 2.29. The highest BCUT2D eigenvalue weighted by Gasteiger charge is 2.11. The summed E-state index contributed by atoms with van der Waals surface area (Å²) in [5, 5.41) is 15.3. The van der Waals surface area contributed by atoms with Crippen molar-refractivity contribution < 1.29 is 4.92 Å². The van der Waals surface area contributed by atoms with Gasteiger partial charge in [0.2, 0.25) is 0 Å². The van der Waals surface area contributed by atoms with E-state index >= 15 is 0 Å². The van der Waals surface area contributed by atoms with Crippen molar-refractivity contribution in [3.8, 4) is 0 Å². The summed E-state index contributed by atoms with van der Waals surface area (Å²) < 4.78 is 2.30. The SMILES string of the molecule is Cn1ncnc1Sc1ccc([N+](=O)[O-])cc1Br. The molecular weight excluding hydrogens is 308 g/mol. The van der Waals surface area contributed by atoms with Gasteiger partial charge in [0.05, 0.1) is 4.92 Å². The van der Waals surface area contributed by atoms with E-state index < -0.39 is 4.92 Å². The Morgan fingerprint density at radius 1 is 1.53 bits per heavy atom. The molecule has 0 aliphatic heterocycles. The molecule has 88 valence electrons. The highest BCUT2D eigenvalue weighted by Crippen LogP contribution is 2.34. The van der Waals surface area contributed by atoms with Gasteiger partial charge in [0.25, 0.3) is 5.69 Å². The van der Waals surface area contributed by atoms with Crippen LogP contribution in [-0.2, 0) is 7.05 Å². The molecular formula is C9H7BrN4O2S. The molecule has 0 bridgehead atoms. The summed E-state index contributed by atoms with van der Waals surface area (Å²) in [6.07, 6.45) is 1.46. The van der Waals surface area contributed by atoms with Gasteiger partial charge in [0, 0.05) is 28.5 Å². The van der Waals surface area contributed by atoms with Crippen LogP contribution in [0.4, 0.5) is 5.69 Å². The monoisotopic (exact) mass is 314 g/mol. The summed E-state index contributed by atoms with van der Waals surface area (Å²) in [5.74, 6) is 0. The Hall–Kier alpha value is -1.41. The van der Waals surface area contributed by atoms with Crippen molar-refractivity contribution >= 4 is 33.4 Å². The first-order valence-electron chi connectivity index (χ1n) is 4.53. The van der Waals surface area contributed by atoms with Crippen molar-refractivity contribution in [3.63, 3.8) is 0 Å². The Kier molecular flexibility index (Phi) is 3.43. The summed E-state index contributed by atoms with van der Waals surface area (Å²) >= 11 is 4.69. The quantitative estimate of drug-likeness (QED) is 0.643. The van der Waals surface area contributed by atoms with Crippen LogP contribution in [-0.4, -0.2) is 19.7 Å². The second kappa shape index (κ2) is 4.84. The summed E-state index contributed by atoms with van der Waals surface area (Å²) in [6, 6.07) is 4.61. The van der Waals surface area contributed by atoms with E-state index in [1.165, 1.54) is 30.2 Å². The number of benzene rings is 1. The molecule has 0 fully saturated rings. The van der Waals surface area contributed by atoms with E-state index in [1.54, 1.807) is 17.8 Å². The van der Waals surface area contributed by atoms with Crippen LogP contribution >= 0.6 is 27.7 Å². The number of aromatic nitrogens is 3. The van der Waals surface area contributed by atoms with Gasteiger partial charge in [-0.2, -0.15) is 5.10 Å². The predicted molar refractivity (Wildman–Crippen MR) is 65.9 cm³/mol. The second-order valence-corrected chi connectivity index (χ2v) is 5.00. The van der Waals surface area contributed by atoms with Gasteiger partial charge in [0.1, 0.15) is 6.33 Å².